The summed E-state index contributed by atoms with van der Waals surface area (Å²) < 4.78 is 7.65. The average Bonchev–Trinajstić information content (AvgIpc) is 2.88. The van der Waals surface area contributed by atoms with E-state index in [0.717, 1.165) is 41.5 Å². The van der Waals surface area contributed by atoms with E-state index in [0.29, 0.717) is 12.8 Å². The number of aliphatic carboxylic acids is 1. The molecule has 2 aromatic rings. The Bertz CT molecular complexity index is 681. The number of methoxy groups -OCH3 is 1. The van der Waals surface area contributed by atoms with Crippen molar-refractivity contribution >= 4 is 16.9 Å². The Morgan fingerprint density at radius 3 is 2.57 bits per heavy atom. The molecule has 0 aliphatic heterocycles. The summed E-state index contributed by atoms with van der Waals surface area (Å²) in [5.41, 5.74) is 1.09. The molecule has 1 aromatic carbocycles. The maximum atomic E-state index is 12.0. The van der Waals surface area contributed by atoms with Crippen LogP contribution in [0.1, 0.15) is 37.7 Å². The zero-order valence-electron chi connectivity index (χ0n) is 12.6. The van der Waals surface area contributed by atoms with E-state index >= 15 is 0 Å². The highest BCUT2D eigenvalue weighted by atomic mass is 16.5. The Balaban J connectivity index is 2.24. The van der Waals surface area contributed by atoms with Gasteiger partial charge in [0.05, 0.1) is 18.0 Å². The molecule has 1 aliphatic carbocycles. The van der Waals surface area contributed by atoms with Gasteiger partial charge < -0.3 is 14.4 Å². The summed E-state index contributed by atoms with van der Waals surface area (Å²) >= 11 is 0. The van der Waals surface area contributed by atoms with Gasteiger partial charge >= 0.3 is 5.97 Å². The van der Waals surface area contributed by atoms with Gasteiger partial charge in [0, 0.05) is 24.2 Å². The van der Waals surface area contributed by atoms with Crippen LogP contribution in [0.25, 0.3) is 10.9 Å². The van der Waals surface area contributed by atoms with E-state index in [9.17, 15) is 9.90 Å². The van der Waals surface area contributed by atoms with Gasteiger partial charge in [-0.15, -0.1) is 0 Å². The molecule has 0 amide bonds. The SMILES string of the molecule is COc1c(C2(C(=O)O)CCCCC2)ccc2c1ccn2C. The molecule has 0 saturated heterocycles. The highest BCUT2D eigenvalue weighted by Gasteiger charge is 2.43. The smallest absolute Gasteiger partial charge is 0.314 e. The van der Waals surface area contributed by atoms with E-state index in [4.69, 9.17) is 4.74 Å². The van der Waals surface area contributed by atoms with Gasteiger partial charge in [-0.25, -0.2) is 0 Å². The van der Waals surface area contributed by atoms with Gasteiger partial charge in [0.2, 0.25) is 0 Å². The summed E-state index contributed by atoms with van der Waals surface area (Å²) in [5, 5.41) is 10.9. The van der Waals surface area contributed by atoms with Crippen molar-refractivity contribution in [3.8, 4) is 5.75 Å². The van der Waals surface area contributed by atoms with Gasteiger partial charge in [-0.1, -0.05) is 25.3 Å². The molecular formula is C17H21NO3. The molecule has 21 heavy (non-hydrogen) atoms. The minimum atomic E-state index is -0.798. The molecule has 4 heteroatoms. The molecule has 112 valence electrons. The molecule has 1 heterocycles. The molecule has 0 spiro atoms. The Hall–Kier alpha value is -1.97. The number of fused-ring (bicyclic) bond motifs is 1. The highest BCUT2D eigenvalue weighted by molar-refractivity contribution is 5.92. The van der Waals surface area contributed by atoms with Crippen molar-refractivity contribution < 1.29 is 14.6 Å². The van der Waals surface area contributed by atoms with Crippen LogP contribution in [-0.2, 0) is 17.3 Å². The molecule has 0 unspecified atom stereocenters. The van der Waals surface area contributed by atoms with Crippen LogP contribution in [0.15, 0.2) is 24.4 Å². The standard InChI is InChI=1S/C17H21NO3/c1-18-11-8-12-14(18)7-6-13(15(12)21-2)17(16(19)20)9-4-3-5-10-17/h6-8,11H,3-5,9-10H2,1-2H3,(H,19,20). The van der Waals surface area contributed by atoms with Crippen LogP contribution in [0.5, 0.6) is 5.75 Å². The molecule has 4 nitrogen and oxygen atoms in total. The van der Waals surface area contributed by atoms with Crippen molar-refractivity contribution in [3.05, 3.63) is 30.0 Å². The molecule has 0 atom stereocenters. The van der Waals surface area contributed by atoms with E-state index in [1.165, 1.54) is 0 Å². The molecule has 0 bridgehead atoms. The number of nitrogens with zero attached hydrogens (tertiary/aromatic N) is 1. The summed E-state index contributed by atoms with van der Waals surface area (Å²) in [6.07, 6.45) is 6.40. The first-order valence-electron chi connectivity index (χ1n) is 7.46. The highest BCUT2D eigenvalue weighted by Crippen LogP contribution is 2.45. The van der Waals surface area contributed by atoms with Gasteiger partial charge in [0.15, 0.2) is 0 Å². The zero-order chi connectivity index (χ0) is 15.0. The van der Waals surface area contributed by atoms with Crippen LogP contribution in [0.2, 0.25) is 0 Å². The van der Waals surface area contributed by atoms with Crippen LogP contribution in [0, 0.1) is 0 Å². The normalized spacial score (nSPS) is 17.8. The van der Waals surface area contributed by atoms with Gasteiger partial charge in [0.1, 0.15) is 5.75 Å². The number of carboxylic acid groups (broad SMARTS) is 1. The van der Waals surface area contributed by atoms with E-state index in [1.807, 2.05) is 36.0 Å². The maximum Gasteiger partial charge on any atom is 0.314 e. The van der Waals surface area contributed by atoms with Gasteiger partial charge in [0.25, 0.3) is 0 Å². The number of benzene rings is 1. The summed E-state index contributed by atoms with van der Waals surface area (Å²) in [4.78, 5) is 12.0. The number of carboxylic acids is 1. The first-order valence-corrected chi connectivity index (χ1v) is 7.46. The topological polar surface area (TPSA) is 51.5 Å². The molecule has 1 saturated carbocycles. The molecule has 0 radical (unpaired) electrons. The fourth-order valence-corrected chi connectivity index (χ4v) is 3.67. The van der Waals surface area contributed by atoms with Gasteiger partial charge in [-0.05, 0) is 25.0 Å². The molecule has 1 aromatic heterocycles. The van der Waals surface area contributed by atoms with Crippen molar-refractivity contribution in [3.63, 3.8) is 0 Å². The van der Waals surface area contributed by atoms with Crippen molar-refractivity contribution in [1.82, 2.24) is 4.57 Å². The molecule has 3 rings (SSSR count). The Morgan fingerprint density at radius 2 is 1.95 bits per heavy atom. The fraction of sp³-hybridized carbons (Fsp3) is 0.471. The Morgan fingerprint density at radius 1 is 1.24 bits per heavy atom. The number of aromatic nitrogens is 1. The van der Waals surface area contributed by atoms with Crippen LogP contribution >= 0.6 is 0 Å². The van der Waals surface area contributed by atoms with Gasteiger partial charge in [-0.3, -0.25) is 4.79 Å². The van der Waals surface area contributed by atoms with E-state index in [1.54, 1.807) is 7.11 Å². The van der Waals surface area contributed by atoms with E-state index in [2.05, 4.69) is 0 Å². The summed E-state index contributed by atoms with van der Waals surface area (Å²) in [7, 11) is 3.61. The number of ether oxygens (including phenoxy) is 1. The molecule has 1 fully saturated rings. The lowest BCUT2D eigenvalue weighted by atomic mass is 9.69. The van der Waals surface area contributed by atoms with Crippen LogP contribution in [-0.4, -0.2) is 22.8 Å². The van der Waals surface area contributed by atoms with Crippen molar-refractivity contribution in [2.24, 2.45) is 7.05 Å². The predicted molar refractivity (Wildman–Crippen MR) is 81.9 cm³/mol. The van der Waals surface area contributed by atoms with Crippen molar-refractivity contribution in [2.75, 3.05) is 7.11 Å². The van der Waals surface area contributed by atoms with Crippen molar-refractivity contribution in [2.45, 2.75) is 37.5 Å². The Kier molecular flexibility index (Phi) is 3.40. The quantitative estimate of drug-likeness (QED) is 0.940. The first kappa shape index (κ1) is 14.0. The summed E-state index contributed by atoms with van der Waals surface area (Å²) in [5.74, 6) is -0.00631. The number of hydrogen-bond acceptors (Lipinski definition) is 2. The second-order valence-electron chi connectivity index (χ2n) is 5.95. The third-order valence-corrected chi connectivity index (χ3v) is 4.85. The summed E-state index contributed by atoms with van der Waals surface area (Å²) in [6, 6.07) is 5.95. The fourth-order valence-electron chi connectivity index (χ4n) is 3.67. The van der Waals surface area contributed by atoms with E-state index in [-0.39, 0.29) is 0 Å². The predicted octanol–water partition coefficient (Wildman–Crippen LogP) is 3.47. The Labute approximate surface area is 124 Å². The third-order valence-electron chi connectivity index (χ3n) is 4.85. The lowest BCUT2D eigenvalue weighted by Crippen LogP contribution is -2.38. The largest absolute Gasteiger partial charge is 0.496 e. The molecule has 1 aliphatic rings. The van der Waals surface area contributed by atoms with E-state index < -0.39 is 11.4 Å². The van der Waals surface area contributed by atoms with Crippen molar-refractivity contribution in [1.29, 1.82) is 0 Å². The maximum absolute atomic E-state index is 12.0. The second-order valence-corrected chi connectivity index (χ2v) is 5.95. The number of hydrogen-bond donors (Lipinski definition) is 1. The number of carbonyl (C=O) groups is 1. The number of rotatable bonds is 3. The lowest BCUT2D eigenvalue weighted by Gasteiger charge is -2.34. The van der Waals surface area contributed by atoms with Gasteiger partial charge in [-0.2, -0.15) is 0 Å². The lowest BCUT2D eigenvalue weighted by molar-refractivity contribution is -0.145. The summed E-state index contributed by atoms with van der Waals surface area (Å²) in [6.45, 7) is 0. The second kappa shape index (κ2) is 5.10. The molecular weight excluding hydrogens is 266 g/mol. The zero-order valence-corrected chi connectivity index (χ0v) is 12.6. The first-order chi connectivity index (χ1) is 10.1. The minimum Gasteiger partial charge on any atom is -0.496 e. The average molecular weight is 287 g/mol. The number of aryl methyl sites for hydroxylation is 1. The monoisotopic (exact) mass is 287 g/mol. The van der Waals surface area contributed by atoms with Crippen LogP contribution < -0.4 is 4.74 Å². The molecule has 1 N–H and O–H groups in total. The third kappa shape index (κ3) is 2.01. The van der Waals surface area contributed by atoms with Crippen LogP contribution in [0.3, 0.4) is 0 Å². The van der Waals surface area contributed by atoms with Crippen LogP contribution in [0.4, 0.5) is 0 Å². The minimum absolute atomic E-state index is 0.692.